The second kappa shape index (κ2) is 7.09. The number of ether oxygens (including phenoxy) is 1. The van der Waals surface area contributed by atoms with E-state index in [9.17, 15) is 9.90 Å². The Morgan fingerprint density at radius 1 is 1.42 bits per heavy atom. The maximum Gasteiger partial charge on any atom is 0.412 e. The third-order valence-corrected chi connectivity index (χ3v) is 3.48. The van der Waals surface area contributed by atoms with Crippen molar-refractivity contribution >= 4 is 23.1 Å². The Kier molecular flexibility index (Phi) is 5.33. The highest BCUT2D eigenvalue weighted by molar-refractivity contribution is 5.90. The van der Waals surface area contributed by atoms with Gasteiger partial charge in [0.15, 0.2) is 5.65 Å². The van der Waals surface area contributed by atoms with Crippen LogP contribution in [0.25, 0.3) is 5.65 Å². The maximum atomic E-state index is 12.1. The number of carbonyl (C=O) groups is 1. The first-order chi connectivity index (χ1) is 11.2. The molecule has 0 bridgehead atoms. The van der Waals surface area contributed by atoms with Crippen LogP contribution in [-0.2, 0) is 4.74 Å². The monoisotopic (exact) mass is 334 g/mol. The normalized spacial score (nSPS) is 13.1. The summed E-state index contributed by atoms with van der Waals surface area (Å²) in [6.45, 7) is 9.51. The van der Waals surface area contributed by atoms with Crippen LogP contribution in [0.4, 0.5) is 16.2 Å². The summed E-state index contributed by atoms with van der Waals surface area (Å²) in [6.07, 6.45) is 4.79. The lowest BCUT2D eigenvalue weighted by molar-refractivity contribution is 0.0636. The van der Waals surface area contributed by atoms with Gasteiger partial charge in [0, 0.05) is 18.6 Å². The average Bonchev–Trinajstić information content (AvgIpc) is 2.90. The standard InChI is InChI=1S/C17H26N4O3/c1-11(2)14(10-22)19-12-8-13(15-18-6-7-21(15)9-12)20-16(23)24-17(3,4)5/h6-9,11,14,19,22H,10H2,1-5H3,(H,20,23)/t14-/m1/s1. The number of aliphatic hydroxyl groups is 1. The number of imidazole rings is 1. The maximum absolute atomic E-state index is 12.1. The van der Waals surface area contributed by atoms with Crippen molar-refractivity contribution in [1.82, 2.24) is 9.38 Å². The van der Waals surface area contributed by atoms with Gasteiger partial charge in [0.05, 0.1) is 24.0 Å². The molecular weight excluding hydrogens is 308 g/mol. The number of hydrogen-bond donors (Lipinski definition) is 3. The van der Waals surface area contributed by atoms with E-state index in [1.807, 2.05) is 45.2 Å². The Hall–Kier alpha value is -2.28. The second-order valence-electron chi connectivity index (χ2n) is 7.10. The number of aromatic nitrogens is 2. The van der Waals surface area contributed by atoms with Crippen LogP contribution in [0, 0.1) is 5.92 Å². The number of rotatable bonds is 5. The summed E-state index contributed by atoms with van der Waals surface area (Å²) in [7, 11) is 0. The Labute approximate surface area is 142 Å². The summed E-state index contributed by atoms with van der Waals surface area (Å²) in [5.41, 5.74) is 1.36. The first kappa shape index (κ1) is 18.1. The largest absolute Gasteiger partial charge is 0.444 e. The molecule has 1 amide bonds. The summed E-state index contributed by atoms with van der Waals surface area (Å²) >= 11 is 0. The van der Waals surface area contributed by atoms with Crippen molar-refractivity contribution in [3.63, 3.8) is 0 Å². The first-order valence-corrected chi connectivity index (χ1v) is 8.03. The molecule has 0 aliphatic carbocycles. The van der Waals surface area contributed by atoms with Crippen LogP contribution in [0.3, 0.4) is 0 Å². The first-order valence-electron chi connectivity index (χ1n) is 8.03. The van der Waals surface area contributed by atoms with Crippen LogP contribution in [0.5, 0.6) is 0 Å². The van der Waals surface area contributed by atoms with Gasteiger partial charge >= 0.3 is 6.09 Å². The van der Waals surface area contributed by atoms with Crippen LogP contribution < -0.4 is 10.6 Å². The Morgan fingerprint density at radius 2 is 2.12 bits per heavy atom. The van der Waals surface area contributed by atoms with Crippen LogP contribution in [0.1, 0.15) is 34.6 Å². The number of nitrogens with one attached hydrogen (secondary N) is 2. The van der Waals surface area contributed by atoms with E-state index in [0.29, 0.717) is 11.3 Å². The number of anilines is 2. The molecule has 0 aliphatic rings. The van der Waals surface area contributed by atoms with E-state index in [4.69, 9.17) is 4.74 Å². The summed E-state index contributed by atoms with van der Waals surface area (Å²) in [5.74, 6) is 0.260. The Balaban J connectivity index is 2.28. The molecule has 2 heterocycles. The predicted molar refractivity (Wildman–Crippen MR) is 94.4 cm³/mol. The molecule has 132 valence electrons. The zero-order valence-electron chi connectivity index (χ0n) is 14.8. The molecule has 0 aliphatic heterocycles. The zero-order valence-corrected chi connectivity index (χ0v) is 14.8. The fourth-order valence-electron chi connectivity index (χ4n) is 2.25. The summed E-state index contributed by atoms with van der Waals surface area (Å²) in [4.78, 5) is 16.3. The lowest BCUT2D eigenvalue weighted by atomic mass is 10.1. The van der Waals surface area contributed by atoms with Crippen molar-refractivity contribution in [1.29, 1.82) is 0 Å². The smallest absolute Gasteiger partial charge is 0.412 e. The van der Waals surface area contributed by atoms with E-state index >= 15 is 0 Å². The Bertz CT molecular complexity index is 703. The molecule has 0 unspecified atom stereocenters. The molecule has 0 spiro atoms. The van der Waals surface area contributed by atoms with Crippen LogP contribution >= 0.6 is 0 Å². The van der Waals surface area contributed by atoms with Crippen LogP contribution in [-0.4, -0.2) is 38.8 Å². The SMILES string of the molecule is CC(C)[C@@H](CO)Nc1cc(NC(=O)OC(C)(C)C)c2nccn2c1. The number of carbonyl (C=O) groups excluding carboxylic acids is 1. The van der Waals surface area contributed by atoms with Gasteiger partial charge in [0.1, 0.15) is 5.60 Å². The predicted octanol–water partition coefficient (Wildman–Crippen LogP) is 3.11. The van der Waals surface area contributed by atoms with E-state index < -0.39 is 11.7 Å². The molecule has 2 rings (SSSR count). The summed E-state index contributed by atoms with van der Waals surface area (Å²) in [6, 6.07) is 1.71. The molecular formula is C17H26N4O3. The van der Waals surface area contributed by atoms with E-state index in [0.717, 1.165) is 5.69 Å². The van der Waals surface area contributed by atoms with Crippen molar-refractivity contribution in [2.45, 2.75) is 46.3 Å². The number of pyridine rings is 1. The van der Waals surface area contributed by atoms with Gasteiger partial charge in [-0.05, 0) is 32.8 Å². The lowest BCUT2D eigenvalue weighted by Gasteiger charge is -2.22. The van der Waals surface area contributed by atoms with Crippen molar-refractivity contribution in [2.24, 2.45) is 5.92 Å². The number of aliphatic hydroxyl groups excluding tert-OH is 1. The highest BCUT2D eigenvalue weighted by atomic mass is 16.6. The fourth-order valence-corrected chi connectivity index (χ4v) is 2.25. The highest BCUT2D eigenvalue weighted by Gasteiger charge is 2.18. The second-order valence-corrected chi connectivity index (χ2v) is 7.10. The molecule has 0 saturated heterocycles. The minimum atomic E-state index is -0.578. The van der Waals surface area contributed by atoms with Gasteiger partial charge in [-0.2, -0.15) is 0 Å². The molecule has 24 heavy (non-hydrogen) atoms. The number of hydrogen-bond acceptors (Lipinski definition) is 5. The van der Waals surface area contributed by atoms with Gasteiger partial charge in [0.25, 0.3) is 0 Å². The molecule has 7 nitrogen and oxygen atoms in total. The van der Waals surface area contributed by atoms with Crippen molar-refractivity contribution < 1.29 is 14.6 Å². The molecule has 0 fully saturated rings. The van der Waals surface area contributed by atoms with Gasteiger partial charge < -0.3 is 19.6 Å². The van der Waals surface area contributed by atoms with Crippen LogP contribution in [0.15, 0.2) is 24.7 Å². The Morgan fingerprint density at radius 3 is 2.71 bits per heavy atom. The van der Waals surface area contributed by atoms with E-state index in [-0.39, 0.29) is 18.6 Å². The van der Waals surface area contributed by atoms with Gasteiger partial charge in [0.2, 0.25) is 0 Å². The molecule has 2 aromatic rings. The number of amides is 1. The molecule has 0 aromatic carbocycles. The minimum absolute atomic E-state index is 0.0223. The molecule has 3 N–H and O–H groups in total. The number of nitrogens with zero attached hydrogens (tertiary/aromatic N) is 2. The molecule has 2 aromatic heterocycles. The van der Waals surface area contributed by atoms with E-state index in [1.54, 1.807) is 18.5 Å². The van der Waals surface area contributed by atoms with Gasteiger partial charge in [-0.15, -0.1) is 0 Å². The minimum Gasteiger partial charge on any atom is -0.444 e. The topological polar surface area (TPSA) is 87.9 Å². The van der Waals surface area contributed by atoms with Gasteiger partial charge in [-0.3, -0.25) is 5.32 Å². The molecule has 1 atom stereocenters. The van der Waals surface area contributed by atoms with E-state index in [2.05, 4.69) is 15.6 Å². The molecule has 0 saturated carbocycles. The molecule has 7 heteroatoms. The molecule has 0 radical (unpaired) electrons. The van der Waals surface area contributed by atoms with Crippen molar-refractivity contribution in [2.75, 3.05) is 17.2 Å². The lowest BCUT2D eigenvalue weighted by Crippen LogP contribution is -2.30. The summed E-state index contributed by atoms with van der Waals surface area (Å²) in [5, 5.41) is 15.5. The fraction of sp³-hybridized carbons (Fsp3) is 0.529. The van der Waals surface area contributed by atoms with E-state index in [1.165, 1.54) is 0 Å². The van der Waals surface area contributed by atoms with Crippen molar-refractivity contribution in [3.8, 4) is 0 Å². The van der Waals surface area contributed by atoms with Gasteiger partial charge in [-0.1, -0.05) is 13.8 Å². The average molecular weight is 334 g/mol. The van der Waals surface area contributed by atoms with Crippen LogP contribution in [0.2, 0.25) is 0 Å². The quantitative estimate of drug-likeness (QED) is 0.782. The zero-order chi connectivity index (χ0) is 17.9. The third-order valence-electron chi connectivity index (χ3n) is 3.48. The third kappa shape index (κ3) is 4.61. The van der Waals surface area contributed by atoms with Gasteiger partial charge in [-0.25, -0.2) is 9.78 Å². The van der Waals surface area contributed by atoms with Crippen molar-refractivity contribution in [3.05, 3.63) is 24.7 Å². The number of fused-ring (bicyclic) bond motifs is 1. The highest BCUT2D eigenvalue weighted by Crippen LogP contribution is 2.23. The summed E-state index contributed by atoms with van der Waals surface area (Å²) < 4.78 is 7.11.